The lowest BCUT2D eigenvalue weighted by molar-refractivity contribution is 0.636. The van der Waals surface area contributed by atoms with Crippen LogP contribution in [0.5, 0.6) is 0 Å². The molecule has 4 nitrogen and oxygen atoms in total. The fourth-order valence-corrected chi connectivity index (χ4v) is 3.85. The molecule has 0 spiro atoms. The molecule has 2 aromatic rings. The van der Waals surface area contributed by atoms with E-state index in [-0.39, 0.29) is 0 Å². The van der Waals surface area contributed by atoms with Gasteiger partial charge in [0.15, 0.2) is 5.96 Å². The summed E-state index contributed by atoms with van der Waals surface area (Å²) in [6, 6.07) is 15.4. The Kier molecular flexibility index (Phi) is 5.75. The van der Waals surface area contributed by atoms with Crippen molar-refractivity contribution in [2.24, 2.45) is 4.99 Å². The maximum atomic E-state index is 4.38. The van der Waals surface area contributed by atoms with Gasteiger partial charge in [-0.2, -0.15) is 0 Å². The summed E-state index contributed by atoms with van der Waals surface area (Å²) in [5, 5.41) is 9.17. The number of guanidine groups is 1. The van der Waals surface area contributed by atoms with Gasteiger partial charge in [0.25, 0.3) is 0 Å². The van der Waals surface area contributed by atoms with Crippen molar-refractivity contribution in [2.45, 2.75) is 25.3 Å². The Labute approximate surface area is 148 Å². The van der Waals surface area contributed by atoms with Crippen LogP contribution in [0.3, 0.4) is 0 Å². The number of thiophene rings is 1. The Balaban J connectivity index is 1.48. The molecule has 1 aliphatic heterocycles. The van der Waals surface area contributed by atoms with Crippen molar-refractivity contribution in [1.82, 2.24) is 10.6 Å². The van der Waals surface area contributed by atoms with Crippen LogP contribution in [0.4, 0.5) is 5.69 Å². The average molecular weight is 343 g/mol. The minimum atomic E-state index is 0.438. The molecule has 2 unspecified atom stereocenters. The van der Waals surface area contributed by atoms with Crippen LogP contribution in [0, 0.1) is 0 Å². The zero-order chi connectivity index (χ0) is 16.8. The zero-order valence-corrected chi connectivity index (χ0v) is 15.2. The molecule has 0 bridgehead atoms. The van der Waals surface area contributed by atoms with Gasteiger partial charge in [-0.1, -0.05) is 31.2 Å². The second-order valence-corrected chi connectivity index (χ2v) is 7.26. The van der Waals surface area contributed by atoms with Crippen LogP contribution >= 0.6 is 11.3 Å². The summed E-state index contributed by atoms with van der Waals surface area (Å²) >= 11 is 1.81. The summed E-state index contributed by atoms with van der Waals surface area (Å²) in [6.45, 7) is 5.25. The van der Waals surface area contributed by atoms with E-state index in [0.29, 0.717) is 12.0 Å². The number of hydrogen-bond acceptors (Lipinski definition) is 3. The van der Waals surface area contributed by atoms with Crippen molar-refractivity contribution in [1.29, 1.82) is 0 Å². The molecule has 2 heterocycles. The van der Waals surface area contributed by atoms with Gasteiger partial charge < -0.3 is 15.5 Å². The normalized spacial score (nSPS) is 19.3. The number of hydrogen-bond donors (Lipinski definition) is 2. The van der Waals surface area contributed by atoms with E-state index in [2.05, 4.69) is 75.3 Å². The van der Waals surface area contributed by atoms with Gasteiger partial charge in [0.1, 0.15) is 0 Å². The van der Waals surface area contributed by atoms with Crippen molar-refractivity contribution in [3.63, 3.8) is 0 Å². The summed E-state index contributed by atoms with van der Waals surface area (Å²) in [5.74, 6) is 1.39. The van der Waals surface area contributed by atoms with Gasteiger partial charge in [0, 0.05) is 49.2 Å². The number of nitrogens with one attached hydrogen (secondary N) is 2. The van der Waals surface area contributed by atoms with Crippen LogP contribution < -0.4 is 15.5 Å². The Morgan fingerprint density at radius 3 is 2.83 bits per heavy atom. The maximum absolute atomic E-state index is 4.38. The third kappa shape index (κ3) is 4.29. The molecule has 1 saturated heterocycles. The molecule has 0 radical (unpaired) electrons. The molecule has 1 aromatic carbocycles. The first-order chi connectivity index (χ1) is 11.8. The number of aliphatic imine (C=N–C) groups is 1. The predicted octanol–water partition coefficient (Wildman–Crippen LogP) is 3.30. The molecule has 2 N–H and O–H groups in total. The van der Waals surface area contributed by atoms with Gasteiger partial charge >= 0.3 is 0 Å². The van der Waals surface area contributed by atoms with Crippen molar-refractivity contribution in [2.75, 3.05) is 31.6 Å². The summed E-state index contributed by atoms with van der Waals surface area (Å²) in [5.41, 5.74) is 1.30. The van der Waals surface area contributed by atoms with E-state index in [1.165, 1.54) is 10.6 Å². The molecule has 5 heteroatoms. The molecular weight excluding hydrogens is 316 g/mol. The highest BCUT2D eigenvalue weighted by Gasteiger charge is 2.23. The van der Waals surface area contributed by atoms with E-state index in [4.69, 9.17) is 0 Å². The van der Waals surface area contributed by atoms with Crippen molar-refractivity contribution < 1.29 is 0 Å². The largest absolute Gasteiger partial charge is 0.369 e. The standard InChI is InChI=1S/C19H26N4S/c1-15(18-9-6-12-24-18)13-21-19(20-2)22-16-10-11-23(14-16)17-7-4-3-5-8-17/h3-9,12,15-16H,10-11,13-14H2,1-2H3,(H2,20,21,22). The highest BCUT2D eigenvalue weighted by atomic mass is 32.1. The van der Waals surface area contributed by atoms with Crippen LogP contribution in [0.2, 0.25) is 0 Å². The molecule has 128 valence electrons. The first kappa shape index (κ1) is 16.8. The van der Waals surface area contributed by atoms with E-state index in [0.717, 1.165) is 32.0 Å². The summed E-state index contributed by atoms with van der Waals surface area (Å²) in [6.07, 6.45) is 1.13. The topological polar surface area (TPSA) is 39.7 Å². The fraction of sp³-hybridized carbons (Fsp3) is 0.421. The molecular formula is C19H26N4S. The average Bonchev–Trinajstić information content (AvgIpc) is 3.31. The Morgan fingerprint density at radius 1 is 1.29 bits per heavy atom. The van der Waals surface area contributed by atoms with Gasteiger partial charge in [-0.05, 0) is 30.0 Å². The first-order valence-corrected chi connectivity index (χ1v) is 9.45. The number of nitrogens with zero attached hydrogens (tertiary/aromatic N) is 2. The van der Waals surface area contributed by atoms with E-state index in [1.807, 2.05) is 18.4 Å². The third-order valence-electron chi connectivity index (χ3n) is 4.48. The second-order valence-electron chi connectivity index (χ2n) is 6.28. The number of rotatable bonds is 5. The SMILES string of the molecule is CN=C(NCC(C)c1cccs1)NC1CCN(c2ccccc2)C1. The summed E-state index contributed by atoms with van der Waals surface area (Å²) < 4.78 is 0. The van der Waals surface area contributed by atoms with Crippen LogP contribution in [0.1, 0.15) is 24.1 Å². The summed E-state index contributed by atoms with van der Waals surface area (Å²) in [4.78, 5) is 8.22. The van der Waals surface area contributed by atoms with E-state index in [1.54, 1.807) is 0 Å². The fourth-order valence-electron chi connectivity index (χ4n) is 3.06. The number of anilines is 1. The molecule has 24 heavy (non-hydrogen) atoms. The molecule has 0 saturated carbocycles. The minimum absolute atomic E-state index is 0.438. The highest BCUT2D eigenvalue weighted by Crippen LogP contribution is 2.20. The number of benzene rings is 1. The first-order valence-electron chi connectivity index (χ1n) is 8.57. The van der Waals surface area contributed by atoms with E-state index < -0.39 is 0 Å². The molecule has 0 aliphatic carbocycles. The Hall–Kier alpha value is -2.01. The Morgan fingerprint density at radius 2 is 2.12 bits per heavy atom. The van der Waals surface area contributed by atoms with Crippen molar-refractivity contribution in [3.05, 3.63) is 52.7 Å². The quantitative estimate of drug-likeness (QED) is 0.647. The minimum Gasteiger partial charge on any atom is -0.369 e. The summed E-state index contributed by atoms with van der Waals surface area (Å²) in [7, 11) is 1.84. The molecule has 0 amide bonds. The van der Waals surface area contributed by atoms with Gasteiger partial charge in [-0.3, -0.25) is 4.99 Å². The maximum Gasteiger partial charge on any atom is 0.191 e. The number of para-hydroxylation sites is 1. The molecule has 1 aliphatic rings. The lowest BCUT2D eigenvalue weighted by atomic mass is 10.1. The van der Waals surface area contributed by atoms with Gasteiger partial charge in [-0.15, -0.1) is 11.3 Å². The third-order valence-corrected chi connectivity index (χ3v) is 5.58. The molecule has 1 fully saturated rings. The van der Waals surface area contributed by atoms with Gasteiger partial charge in [-0.25, -0.2) is 0 Å². The molecule has 1 aromatic heterocycles. The molecule has 2 atom stereocenters. The van der Waals surface area contributed by atoms with Crippen LogP contribution in [0.25, 0.3) is 0 Å². The van der Waals surface area contributed by atoms with E-state index >= 15 is 0 Å². The van der Waals surface area contributed by atoms with Crippen LogP contribution in [0.15, 0.2) is 52.8 Å². The van der Waals surface area contributed by atoms with Gasteiger partial charge in [0.05, 0.1) is 0 Å². The van der Waals surface area contributed by atoms with Crippen LogP contribution in [-0.4, -0.2) is 38.7 Å². The monoisotopic (exact) mass is 342 g/mol. The lowest BCUT2D eigenvalue weighted by Crippen LogP contribution is -2.45. The zero-order valence-electron chi connectivity index (χ0n) is 14.4. The Bertz CT molecular complexity index is 639. The molecule has 3 rings (SSSR count). The van der Waals surface area contributed by atoms with Crippen LogP contribution in [-0.2, 0) is 0 Å². The highest BCUT2D eigenvalue weighted by molar-refractivity contribution is 7.10. The second kappa shape index (κ2) is 8.20. The predicted molar refractivity (Wildman–Crippen MR) is 104 cm³/mol. The van der Waals surface area contributed by atoms with Crippen molar-refractivity contribution >= 4 is 23.0 Å². The van der Waals surface area contributed by atoms with E-state index in [9.17, 15) is 0 Å². The van der Waals surface area contributed by atoms with Crippen molar-refractivity contribution in [3.8, 4) is 0 Å². The smallest absolute Gasteiger partial charge is 0.191 e. The van der Waals surface area contributed by atoms with Gasteiger partial charge in [0.2, 0.25) is 0 Å². The lowest BCUT2D eigenvalue weighted by Gasteiger charge is -2.21.